The molecule has 66 valence electrons. The maximum absolute atomic E-state index is 10.4. The first-order chi connectivity index (χ1) is 5.47. The van der Waals surface area contributed by atoms with Crippen molar-refractivity contribution in [1.29, 1.82) is 0 Å². The second kappa shape index (κ2) is 3.23. The van der Waals surface area contributed by atoms with Gasteiger partial charge in [0.1, 0.15) is 0 Å². The van der Waals surface area contributed by atoms with Crippen LogP contribution in [0.1, 0.15) is 0 Å². The Labute approximate surface area is 71.6 Å². The van der Waals surface area contributed by atoms with E-state index in [4.69, 9.17) is 13.3 Å². The molecule has 6 heteroatoms. The van der Waals surface area contributed by atoms with Crippen LogP contribution in [-0.4, -0.2) is 27.8 Å². The zero-order chi connectivity index (χ0) is 9.19. The summed E-state index contributed by atoms with van der Waals surface area (Å²) in [5, 5.41) is 8.81. The van der Waals surface area contributed by atoms with Gasteiger partial charge in [-0.05, 0) is 0 Å². The first-order valence-electron chi connectivity index (χ1n) is 3.01. The summed E-state index contributed by atoms with van der Waals surface area (Å²) in [6.45, 7) is 0. The van der Waals surface area contributed by atoms with E-state index in [0.717, 1.165) is 0 Å². The SMILES string of the molecule is O=[As](O)(O)Oc1ccc(O)cc1. The molecule has 0 atom stereocenters. The Kier molecular flexibility index (Phi) is 2.47. The van der Waals surface area contributed by atoms with E-state index in [9.17, 15) is 3.74 Å². The summed E-state index contributed by atoms with van der Waals surface area (Å²) in [5.74, 6) is 0.0562. The van der Waals surface area contributed by atoms with Crippen LogP contribution < -0.4 is 3.73 Å². The molecule has 0 aromatic heterocycles. The van der Waals surface area contributed by atoms with Crippen molar-refractivity contribution in [1.82, 2.24) is 0 Å². The third kappa shape index (κ3) is 3.00. The first kappa shape index (κ1) is 9.19. The molecular weight excluding hydrogens is 227 g/mol. The Morgan fingerprint density at radius 2 is 1.67 bits per heavy atom. The number of hydrogen-bond donors (Lipinski definition) is 3. The molecule has 0 spiro atoms. The second-order valence-electron chi connectivity index (χ2n) is 2.08. The molecule has 0 amide bonds. The molecule has 0 saturated heterocycles. The van der Waals surface area contributed by atoms with Gasteiger partial charge in [0.25, 0.3) is 0 Å². The van der Waals surface area contributed by atoms with Crippen molar-refractivity contribution in [2.45, 2.75) is 0 Å². The van der Waals surface area contributed by atoms with Gasteiger partial charge in [0, 0.05) is 0 Å². The predicted molar refractivity (Wildman–Crippen MR) is 39.6 cm³/mol. The molecule has 3 N–H and O–H groups in total. The molecular formula is C6H7AsO5. The summed E-state index contributed by atoms with van der Waals surface area (Å²) in [7, 11) is 0. The summed E-state index contributed by atoms with van der Waals surface area (Å²) in [4.78, 5) is 0. The molecule has 0 aliphatic carbocycles. The van der Waals surface area contributed by atoms with Crippen LogP contribution in [0.25, 0.3) is 0 Å². The Balaban J connectivity index is 2.78. The van der Waals surface area contributed by atoms with Gasteiger partial charge in [-0.2, -0.15) is 0 Å². The number of aromatic hydroxyl groups is 1. The van der Waals surface area contributed by atoms with E-state index in [2.05, 4.69) is 3.73 Å². The molecule has 0 fully saturated rings. The van der Waals surface area contributed by atoms with Gasteiger partial charge < -0.3 is 0 Å². The second-order valence-corrected chi connectivity index (χ2v) is 4.52. The number of phenolic OH excluding ortho intramolecular Hbond substituents is 1. The van der Waals surface area contributed by atoms with E-state index in [1.54, 1.807) is 0 Å². The molecule has 1 rings (SSSR count). The fourth-order valence-corrected chi connectivity index (χ4v) is 1.48. The minimum atomic E-state index is -5.06. The van der Waals surface area contributed by atoms with Gasteiger partial charge in [-0.15, -0.1) is 0 Å². The predicted octanol–water partition coefficient (Wildman–Crippen LogP) is -0.378. The van der Waals surface area contributed by atoms with Gasteiger partial charge in [0.05, 0.1) is 0 Å². The number of phenols is 1. The molecule has 0 unspecified atom stereocenters. The molecule has 0 heterocycles. The summed E-state index contributed by atoms with van der Waals surface area (Å²) in [6.07, 6.45) is 0. The zero-order valence-corrected chi connectivity index (χ0v) is 7.79. The monoisotopic (exact) mass is 234 g/mol. The Hall–Kier alpha value is -0.902. The standard InChI is InChI=1S/C6H7AsO5/c8-5-1-3-6(4-2-5)12-7(9,10)11/h1-4,8H,(H2,9,10,11). The van der Waals surface area contributed by atoms with E-state index in [0.29, 0.717) is 0 Å². The molecule has 0 radical (unpaired) electrons. The van der Waals surface area contributed by atoms with Gasteiger partial charge in [0.15, 0.2) is 0 Å². The fourth-order valence-electron chi connectivity index (χ4n) is 0.644. The summed E-state index contributed by atoms with van der Waals surface area (Å²) < 4.78 is 31.5. The molecule has 0 aliphatic heterocycles. The number of benzene rings is 1. The van der Waals surface area contributed by atoms with Crippen LogP contribution in [0, 0.1) is 0 Å². The van der Waals surface area contributed by atoms with Crippen molar-refractivity contribution in [2.24, 2.45) is 0 Å². The van der Waals surface area contributed by atoms with Gasteiger partial charge in [-0.1, -0.05) is 0 Å². The van der Waals surface area contributed by atoms with Gasteiger partial charge in [-0.25, -0.2) is 0 Å². The Morgan fingerprint density at radius 3 is 2.08 bits per heavy atom. The van der Waals surface area contributed by atoms with E-state index in [1.165, 1.54) is 24.3 Å². The topological polar surface area (TPSA) is 87.0 Å². The van der Waals surface area contributed by atoms with Gasteiger partial charge in [-0.3, -0.25) is 0 Å². The van der Waals surface area contributed by atoms with Crippen molar-refractivity contribution in [3.8, 4) is 11.5 Å². The molecule has 5 nitrogen and oxygen atoms in total. The van der Waals surface area contributed by atoms with Crippen LogP contribution in [0.2, 0.25) is 0 Å². The minimum absolute atomic E-state index is 0.0142. The Bertz CT molecular complexity index is 300. The summed E-state index contributed by atoms with van der Waals surface area (Å²) >= 11 is -5.06. The van der Waals surface area contributed by atoms with Gasteiger partial charge >= 0.3 is 71.0 Å². The summed E-state index contributed by atoms with van der Waals surface area (Å²) in [5.41, 5.74) is 0. The van der Waals surface area contributed by atoms with Crippen molar-refractivity contribution < 1.29 is 20.8 Å². The van der Waals surface area contributed by atoms with E-state index >= 15 is 0 Å². The average Bonchev–Trinajstić information content (AvgIpc) is 1.91. The van der Waals surface area contributed by atoms with Gasteiger partial charge in [0.2, 0.25) is 0 Å². The van der Waals surface area contributed by atoms with Crippen LogP contribution in [-0.2, 0) is 3.74 Å². The van der Waals surface area contributed by atoms with E-state index in [-0.39, 0.29) is 11.5 Å². The number of hydrogen-bond acceptors (Lipinski definition) is 3. The van der Waals surface area contributed by atoms with Crippen molar-refractivity contribution in [3.05, 3.63) is 24.3 Å². The normalized spacial score (nSPS) is 11.2. The van der Waals surface area contributed by atoms with E-state index in [1.807, 2.05) is 0 Å². The molecule has 0 aliphatic rings. The maximum atomic E-state index is 10.4. The Morgan fingerprint density at radius 1 is 1.17 bits per heavy atom. The molecule has 1 aromatic rings. The fraction of sp³-hybridized carbons (Fsp3) is 0. The van der Waals surface area contributed by atoms with Crippen molar-refractivity contribution in [2.75, 3.05) is 0 Å². The van der Waals surface area contributed by atoms with E-state index < -0.39 is 14.5 Å². The van der Waals surface area contributed by atoms with Crippen molar-refractivity contribution in [3.63, 3.8) is 0 Å². The molecule has 0 bridgehead atoms. The average molecular weight is 234 g/mol. The first-order valence-corrected chi connectivity index (χ1v) is 6.22. The molecule has 1 aromatic carbocycles. The third-order valence-corrected chi connectivity index (χ3v) is 2.00. The number of rotatable bonds is 2. The third-order valence-electron chi connectivity index (χ3n) is 1.06. The van der Waals surface area contributed by atoms with Crippen LogP contribution in [0.5, 0.6) is 11.5 Å². The quantitative estimate of drug-likeness (QED) is 0.607. The summed E-state index contributed by atoms with van der Waals surface area (Å²) in [6, 6.07) is 5.10. The van der Waals surface area contributed by atoms with Crippen LogP contribution in [0.15, 0.2) is 24.3 Å². The van der Waals surface area contributed by atoms with Crippen molar-refractivity contribution >= 4 is 14.5 Å². The van der Waals surface area contributed by atoms with Crippen LogP contribution >= 0.6 is 0 Å². The zero-order valence-electron chi connectivity index (χ0n) is 5.91. The molecule has 12 heavy (non-hydrogen) atoms. The van der Waals surface area contributed by atoms with Crippen LogP contribution in [0.4, 0.5) is 0 Å². The molecule has 0 saturated carbocycles. The van der Waals surface area contributed by atoms with Crippen LogP contribution in [0.3, 0.4) is 0 Å².